The molecule has 0 atom stereocenters. The highest BCUT2D eigenvalue weighted by Crippen LogP contribution is 2.24. The molecular weight excluding hydrogens is 495 g/mol. The zero-order valence-corrected chi connectivity index (χ0v) is 23.3. The minimum atomic E-state index is -1.35. The third-order valence-corrected chi connectivity index (χ3v) is 6.24. The van der Waals surface area contributed by atoms with E-state index >= 15 is 0 Å². The number of nitrogens with zero attached hydrogens (tertiary/aromatic N) is 1. The van der Waals surface area contributed by atoms with Crippen molar-refractivity contribution in [2.24, 2.45) is 0 Å². The number of carbonyl (C=O) groups is 1. The number of anilines is 1. The molecule has 6 nitrogen and oxygen atoms in total. The molecule has 7 heteroatoms. The molecule has 0 aliphatic rings. The standard InChI is InChI=1S/C32H39FN2O4/c1-23(2)35(29-16-14-28(33)15-17-29)20-25-8-12-27(13-9-25)26-10-6-24(7-11-26)18-19-32(21-36,22-37)34-30(38)39-31(3,4)5/h6-19,23,36-37H,20-22H2,1-5H3,(H,34,38)/b19-18+. The number of rotatable bonds is 10. The minimum Gasteiger partial charge on any atom is -0.444 e. The first-order valence-corrected chi connectivity index (χ1v) is 13.1. The van der Waals surface area contributed by atoms with Gasteiger partial charge < -0.3 is 25.2 Å². The van der Waals surface area contributed by atoms with Crippen molar-refractivity contribution in [2.75, 3.05) is 18.1 Å². The number of ether oxygens (including phenoxy) is 1. The first kappa shape index (κ1) is 29.9. The highest BCUT2D eigenvalue weighted by Gasteiger charge is 2.30. The largest absolute Gasteiger partial charge is 0.444 e. The van der Waals surface area contributed by atoms with Crippen LogP contribution in [0.15, 0.2) is 78.9 Å². The summed E-state index contributed by atoms with van der Waals surface area (Å²) in [5.41, 5.74) is 3.03. The van der Waals surface area contributed by atoms with Crippen LogP contribution in [0.3, 0.4) is 0 Å². The molecule has 0 unspecified atom stereocenters. The van der Waals surface area contributed by atoms with Crippen LogP contribution in [-0.2, 0) is 11.3 Å². The first-order chi connectivity index (χ1) is 18.4. The van der Waals surface area contributed by atoms with Gasteiger partial charge in [0.25, 0.3) is 0 Å². The molecule has 0 radical (unpaired) electrons. The van der Waals surface area contributed by atoms with E-state index in [9.17, 15) is 19.4 Å². The van der Waals surface area contributed by atoms with Crippen molar-refractivity contribution >= 4 is 17.9 Å². The fourth-order valence-corrected chi connectivity index (χ4v) is 4.03. The summed E-state index contributed by atoms with van der Waals surface area (Å²) in [7, 11) is 0. The Bertz CT molecular complexity index is 1230. The number of hydrogen-bond acceptors (Lipinski definition) is 5. The lowest BCUT2D eigenvalue weighted by molar-refractivity contribution is 0.0377. The minimum absolute atomic E-state index is 0.244. The predicted octanol–water partition coefficient (Wildman–Crippen LogP) is 6.17. The average molecular weight is 535 g/mol. The number of benzene rings is 3. The molecule has 0 fully saturated rings. The molecule has 39 heavy (non-hydrogen) atoms. The molecule has 0 spiro atoms. The number of amides is 1. The van der Waals surface area contributed by atoms with Gasteiger partial charge in [0.1, 0.15) is 17.0 Å². The fraction of sp³-hybridized carbons (Fsp3) is 0.344. The summed E-state index contributed by atoms with van der Waals surface area (Å²) < 4.78 is 18.6. The van der Waals surface area contributed by atoms with Crippen molar-refractivity contribution in [1.29, 1.82) is 0 Å². The fourth-order valence-electron chi connectivity index (χ4n) is 4.03. The lowest BCUT2D eigenvalue weighted by Gasteiger charge is -2.29. The quantitative estimate of drug-likeness (QED) is 0.290. The lowest BCUT2D eigenvalue weighted by Crippen LogP contribution is -2.53. The van der Waals surface area contributed by atoms with Gasteiger partial charge in [0.2, 0.25) is 0 Å². The molecule has 0 saturated carbocycles. The highest BCUT2D eigenvalue weighted by atomic mass is 19.1. The maximum absolute atomic E-state index is 13.4. The van der Waals surface area contributed by atoms with Gasteiger partial charge >= 0.3 is 6.09 Å². The molecule has 0 aromatic heterocycles. The first-order valence-electron chi connectivity index (χ1n) is 13.1. The maximum atomic E-state index is 13.4. The Morgan fingerprint density at radius 1 is 0.923 bits per heavy atom. The van der Waals surface area contributed by atoms with Crippen LogP contribution in [0.5, 0.6) is 0 Å². The highest BCUT2D eigenvalue weighted by molar-refractivity contribution is 5.70. The zero-order chi connectivity index (χ0) is 28.6. The number of nitrogens with one attached hydrogen (secondary N) is 1. The van der Waals surface area contributed by atoms with Crippen LogP contribution in [0.4, 0.5) is 14.9 Å². The van der Waals surface area contributed by atoms with E-state index in [-0.39, 0.29) is 11.9 Å². The van der Waals surface area contributed by atoms with Gasteiger partial charge in [-0.25, -0.2) is 9.18 Å². The summed E-state index contributed by atoms with van der Waals surface area (Å²) in [4.78, 5) is 14.4. The Hall–Kier alpha value is -3.68. The summed E-state index contributed by atoms with van der Waals surface area (Å²) in [6.07, 6.45) is 2.60. The number of aliphatic hydroxyl groups excluding tert-OH is 2. The van der Waals surface area contributed by atoms with Crippen LogP contribution >= 0.6 is 0 Å². The molecule has 0 heterocycles. The molecule has 0 aliphatic carbocycles. The van der Waals surface area contributed by atoms with E-state index in [0.717, 1.165) is 27.9 Å². The van der Waals surface area contributed by atoms with Gasteiger partial charge in [-0.2, -0.15) is 0 Å². The smallest absolute Gasteiger partial charge is 0.408 e. The van der Waals surface area contributed by atoms with Crippen LogP contribution in [0.1, 0.15) is 45.7 Å². The number of hydrogen-bond donors (Lipinski definition) is 3. The Kier molecular flexibility index (Phi) is 9.89. The summed E-state index contributed by atoms with van der Waals surface area (Å²) in [6.45, 7) is 9.20. The molecule has 0 bridgehead atoms. The van der Waals surface area contributed by atoms with E-state index in [2.05, 4.69) is 48.3 Å². The van der Waals surface area contributed by atoms with Gasteiger partial charge in [-0.15, -0.1) is 0 Å². The number of aliphatic hydroxyl groups is 2. The monoisotopic (exact) mass is 534 g/mol. The SMILES string of the molecule is CC(C)N(Cc1ccc(-c2ccc(/C=C/C(CO)(CO)NC(=O)OC(C)(C)C)cc2)cc1)c1ccc(F)cc1. The maximum Gasteiger partial charge on any atom is 0.408 e. The topological polar surface area (TPSA) is 82.0 Å². The van der Waals surface area contributed by atoms with Crippen LogP contribution < -0.4 is 10.2 Å². The molecule has 3 aromatic rings. The molecule has 3 rings (SSSR count). The molecule has 0 aliphatic heterocycles. The molecule has 1 amide bonds. The summed E-state index contributed by atoms with van der Waals surface area (Å²) in [6, 6.07) is 23.0. The van der Waals surface area contributed by atoms with E-state index in [1.54, 1.807) is 45.1 Å². The van der Waals surface area contributed by atoms with Gasteiger partial charge in [-0.05, 0) is 81.1 Å². The molecule has 3 aromatic carbocycles. The van der Waals surface area contributed by atoms with Gasteiger partial charge in [0.05, 0.1) is 13.2 Å². The Labute approximate surface area is 230 Å². The second kappa shape index (κ2) is 12.9. The van der Waals surface area contributed by atoms with Gasteiger partial charge in [-0.1, -0.05) is 60.7 Å². The van der Waals surface area contributed by atoms with E-state index in [1.807, 2.05) is 24.3 Å². The molecule has 208 valence electrons. The van der Waals surface area contributed by atoms with Crippen molar-refractivity contribution in [3.05, 3.63) is 95.8 Å². The van der Waals surface area contributed by atoms with E-state index in [4.69, 9.17) is 4.74 Å². The van der Waals surface area contributed by atoms with E-state index < -0.39 is 30.4 Å². The molecule has 0 saturated heterocycles. The van der Waals surface area contributed by atoms with E-state index in [1.165, 1.54) is 12.1 Å². The van der Waals surface area contributed by atoms with Gasteiger partial charge in [0.15, 0.2) is 0 Å². The normalized spacial score (nSPS) is 12.1. The predicted molar refractivity (Wildman–Crippen MR) is 155 cm³/mol. The van der Waals surface area contributed by atoms with Gasteiger partial charge in [0, 0.05) is 18.3 Å². The van der Waals surface area contributed by atoms with Crippen molar-refractivity contribution in [3.8, 4) is 11.1 Å². The Morgan fingerprint density at radius 2 is 1.46 bits per heavy atom. The van der Waals surface area contributed by atoms with Crippen LogP contribution in [0.25, 0.3) is 17.2 Å². The van der Waals surface area contributed by atoms with Crippen molar-refractivity contribution in [2.45, 2.75) is 58.3 Å². The van der Waals surface area contributed by atoms with Crippen LogP contribution in [0.2, 0.25) is 0 Å². The zero-order valence-electron chi connectivity index (χ0n) is 23.3. The van der Waals surface area contributed by atoms with E-state index in [0.29, 0.717) is 6.54 Å². The van der Waals surface area contributed by atoms with Crippen molar-refractivity contribution < 1.29 is 24.1 Å². The average Bonchev–Trinajstić information content (AvgIpc) is 2.90. The molecular formula is C32H39FN2O4. The summed E-state index contributed by atoms with van der Waals surface area (Å²) >= 11 is 0. The van der Waals surface area contributed by atoms with Gasteiger partial charge in [-0.3, -0.25) is 0 Å². The lowest BCUT2D eigenvalue weighted by atomic mass is 9.98. The van der Waals surface area contributed by atoms with Crippen LogP contribution in [0, 0.1) is 5.82 Å². The number of alkyl carbamates (subject to hydrolysis) is 1. The molecule has 3 N–H and O–H groups in total. The third-order valence-electron chi connectivity index (χ3n) is 6.24. The second-order valence-corrected chi connectivity index (χ2v) is 10.9. The Morgan fingerprint density at radius 3 is 1.95 bits per heavy atom. The van der Waals surface area contributed by atoms with Crippen molar-refractivity contribution in [1.82, 2.24) is 5.32 Å². The Balaban J connectivity index is 1.69. The number of halogens is 1. The summed E-state index contributed by atoms with van der Waals surface area (Å²) in [5.74, 6) is -0.244. The third kappa shape index (κ3) is 8.67. The second-order valence-electron chi connectivity index (χ2n) is 10.9. The van der Waals surface area contributed by atoms with Crippen molar-refractivity contribution in [3.63, 3.8) is 0 Å². The summed E-state index contributed by atoms with van der Waals surface area (Å²) in [5, 5.41) is 22.3. The van der Waals surface area contributed by atoms with Crippen LogP contribution in [-0.4, -0.2) is 46.7 Å². The number of carbonyl (C=O) groups excluding carboxylic acids is 1.